The van der Waals surface area contributed by atoms with Crippen molar-refractivity contribution in [3.63, 3.8) is 0 Å². The summed E-state index contributed by atoms with van der Waals surface area (Å²) in [6, 6.07) is 14.2. The summed E-state index contributed by atoms with van der Waals surface area (Å²) in [6.45, 7) is 2.25. The minimum Gasteiger partial charge on any atom is -0.496 e. The van der Waals surface area contributed by atoms with Crippen LogP contribution in [0.5, 0.6) is 5.75 Å². The lowest BCUT2D eigenvalue weighted by molar-refractivity contribution is 0.416. The molecule has 1 unspecified atom stereocenters. The Balaban J connectivity index is 1.87. The molecule has 1 aliphatic rings. The second-order valence-electron chi connectivity index (χ2n) is 6.76. The molecule has 0 N–H and O–H groups in total. The summed E-state index contributed by atoms with van der Waals surface area (Å²) in [5.41, 5.74) is 3.47. The normalized spacial score (nSPS) is 16.6. The average Bonchev–Trinajstić information content (AvgIpc) is 2.67. The molecule has 0 bridgehead atoms. The maximum atomic E-state index is 12.9. The van der Waals surface area contributed by atoms with Gasteiger partial charge in [-0.15, -0.1) is 11.3 Å². The maximum Gasteiger partial charge on any atom is 0.191 e. The molecule has 1 aromatic heterocycles. The van der Waals surface area contributed by atoms with Gasteiger partial charge in [-0.25, -0.2) is 0 Å². The first-order valence-corrected chi connectivity index (χ1v) is 9.75. The number of hydrogen-bond donors (Lipinski definition) is 0. The molecule has 0 spiro atoms. The summed E-state index contributed by atoms with van der Waals surface area (Å²) < 4.78 is 6.58. The molecule has 2 nitrogen and oxygen atoms in total. The van der Waals surface area contributed by atoms with Crippen molar-refractivity contribution in [2.45, 2.75) is 32.6 Å². The highest BCUT2D eigenvalue weighted by atomic mass is 32.1. The minimum atomic E-state index is 0.241. The lowest BCUT2D eigenvalue weighted by Crippen LogP contribution is -2.20. The Bertz CT molecular complexity index is 987. The van der Waals surface area contributed by atoms with Gasteiger partial charge in [0.25, 0.3) is 0 Å². The molecule has 25 heavy (non-hydrogen) atoms. The largest absolute Gasteiger partial charge is 0.496 e. The number of fused-ring (bicyclic) bond motifs is 2. The van der Waals surface area contributed by atoms with E-state index < -0.39 is 0 Å². The molecule has 1 aliphatic carbocycles. The molecule has 1 heterocycles. The maximum absolute atomic E-state index is 12.9. The zero-order valence-corrected chi connectivity index (χ0v) is 15.5. The van der Waals surface area contributed by atoms with Crippen LogP contribution in [-0.2, 0) is 12.8 Å². The molecule has 0 amide bonds. The molecule has 0 radical (unpaired) electrons. The van der Waals surface area contributed by atoms with Crippen molar-refractivity contribution in [3.05, 3.63) is 63.1 Å². The number of para-hydroxylation sites is 1. The second-order valence-corrected chi connectivity index (χ2v) is 7.90. The van der Waals surface area contributed by atoms with E-state index in [1.807, 2.05) is 30.3 Å². The number of benzene rings is 2. The fraction of sp³-hybridized carbons (Fsp3) is 0.318. The van der Waals surface area contributed by atoms with Crippen LogP contribution in [0.1, 0.15) is 30.2 Å². The molecule has 128 valence electrons. The minimum absolute atomic E-state index is 0.241. The summed E-state index contributed by atoms with van der Waals surface area (Å²) in [4.78, 5) is 14.2. The number of ether oxygens (including phenoxy) is 1. The Hall–Kier alpha value is -2.13. The van der Waals surface area contributed by atoms with Crippen molar-refractivity contribution < 1.29 is 4.74 Å². The van der Waals surface area contributed by atoms with Gasteiger partial charge in [0, 0.05) is 26.1 Å². The third-order valence-electron chi connectivity index (χ3n) is 5.34. The molecule has 0 aliphatic heterocycles. The molecule has 2 aromatic carbocycles. The molecule has 3 aromatic rings. The van der Waals surface area contributed by atoms with E-state index in [2.05, 4.69) is 19.1 Å². The predicted octanol–water partition coefficient (Wildman–Crippen LogP) is 5.45. The number of methoxy groups -OCH3 is 1. The standard InChI is InChI=1S/C22H22O2S/c1-3-14-8-10-17-20(12-14)25-21-13-15(9-11-18(21)22(17)23)16-6-4-5-7-19(16)24-2/h4-7,9,11,13-14H,3,8,10,12H2,1-2H3. The fourth-order valence-electron chi connectivity index (χ4n) is 3.81. The van der Waals surface area contributed by atoms with Crippen LogP contribution in [0.15, 0.2) is 47.3 Å². The summed E-state index contributed by atoms with van der Waals surface area (Å²) in [7, 11) is 1.69. The van der Waals surface area contributed by atoms with Gasteiger partial charge >= 0.3 is 0 Å². The second kappa shape index (κ2) is 6.64. The third kappa shape index (κ3) is 2.87. The van der Waals surface area contributed by atoms with Crippen LogP contribution in [0, 0.1) is 5.92 Å². The topological polar surface area (TPSA) is 26.3 Å². The van der Waals surface area contributed by atoms with Crippen molar-refractivity contribution >= 4 is 21.4 Å². The Kier molecular flexibility index (Phi) is 4.34. The zero-order valence-electron chi connectivity index (χ0n) is 14.7. The summed E-state index contributed by atoms with van der Waals surface area (Å²) >= 11 is 1.80. The Morgan fingerprint density at radius 1 is 1.20 bits per heavy atom. The molecular weight excluding hydrogens is 328 g/mol. The smallest absolute Gasteiger partial charge is 0.191 e. The van der Waals surface area contributed by atoms with Gasteiger partial charge in [-0.2, -0.15) is 0 Å². The Morgan fingerprint density at radius 2 is 2.04 bits per heavy atom. The van der Waals surface area contributed by atoms with E-state index >= 15 is 0 Å². The van der Waals surface area contributed by atoms with Crippen LogP contribution in [0.3, 0.4) is 0 Å². The highest BCUT2D eigenvalue weighted by Gasteiger charge is 2.22. The molecule has 0 saturated carbocycles. The highest BCUT2D eigenvalue weighted by Crippen LogP contribution is 2.35. The quantitative estimate of drug-likeness (QED) is 0.628. The van der Waals surface area contributed by atoms with Crippen molar-refractivity contribution in [1.29, 1.82) is 0 Å². The first kappa shape index (κ1) is 16.3. The van der Waals surface area contributed by atoms with Gasteiger partial charge in [0.1, 0.15) is 5.75 Å². The van der Waals surface area contributed by atoms with Crippen molar-refractivity contribution in [3.8, 4) is 16.9 Å². The van der Waals surface area contributed by atoms with Crippen LogP contribution < -0.4 is 10.2 Å². The molecule has 0 saturated heterocycles. The zero-order chi connectivity index (χ0) is 17.4. The summed E-state index contributed by atoms with van der Waals surface area (Å²) in [5.74, 6) is 1.58. The number of hydrogen-bond acceptors (Lipinski definition) is 3. The summed E-state index contributed by atoms with van der Waals surface area (Å²) in [6.07, 6.45) is 4.34. The van der Waals surface area contributed by atoms with Crippen LogP contribution in [0.4, 0.5) is 0 Å². The number of rotatable bonds is 3. The monoisotopic (exact) mass is 350 g/mol. The van der Waals surface area contributed by atoms with E-state index in [0.29, 0.717) is 0 Å². The van der Waals surface area contributed by atoms with Gasteiger partial charge < -0.3 is 4.74 Å². The van der Waals surface area contributed by atoms with Gasteiger partial charge in [0.15, 0.2) is 5.43 Å². The van der Waals surface area contributed by atoms with Gasteiger partial charge in [-0.1, -0.05) is 37.6 Å². The van der Waals surface area contributed by atoms with Crippen molar-refractivity contribution in [1.82, 2.24) is 0 Å². The van der Waals surface area contributed by atoms with E-state index in [1.165, 1.54) is 11.3 Å². The average molecular weight is 350 g/mol. The third-order valence-corrected chi connectivity index (χ3v) is 6.56. The van der Waals surface area contributed by atoms with Crippen LogP contribution in [0.25, 0.3) is 21.2 Å². The Labute approximate surface area is 152 Å². The SMILES string of the molecule is CCC1CCc2c(sc3cc(-c4ccccc4OC)ccc3c2=O)C1. The van der Waals surface area contributed by atoms with Crippen LogP contribution in [-0.4, -0.2) is 7.11 Å². The van der Waals surface area contributed by atoms with Gasteiger partial charge in [0.2, 0.25) is 0 Å². The van der Waals surface area contributed by atoms with Gasteiger partial charge in [0.05, 0.1) is 7.11 Å². The highest BCUT2D eigenvalue weighted by molar-refractivity contribution is 7.18. The molecule has 3 heteroatoms. The van der Waals surface area contributed by atoms with E-state index in [-0.39, 0.29) is 5.43 Å². The van der Waals surface area contributed by atoms with E-state index in [0.717, 1.165) is 57.7 Å². The van der Waals surface area contributed by atoms with E-state index in [1.54, 1.807) is 18.4 Å². The molecule has 1 atom stereocenters. The Morgan fingerprint density at radius 3 is 2.84 bits per heavy atom. The lowest BCUT2D eigenvalue weighted by Gasteiger charge is -2.22. The molecular formula is C22H22O2S. The summed E-state index contributed by atoms with van der Waals surface area (Å²) in [5, 5.41) is 0.859. The van der Waals surface area contributed by atoms with Crippen LogP contribution in [0.2, 0.25) is 0 Å². The fourth-order valence-corrected chi connectivity index (χ4v) is 5.17. The first-order valence-electron chi connectivity index (χ1n) is 8.93. The predicted molar refractivity (Wildman–Crippen MR) is 106 cm³/mol. The van der Waals surface area contributed by atoms with E-state index in [9.17, 15) is 4.79 Å². The van der Waals surface area contributed by atoms with Gasteiger partial charge in [-0.05, 0) is 48.9 Å². The van der Waals surface area contributed by atoms with Crippen LogP contribution >= 0.6 is 11.3 Å². The molecule has 0 fully saturated rings. The lowest BCUT2D eigenvalue weighted by atomic mass is 9.86. The van der Waals surface area contributed by atoms with E-state index in [4.69, 9.17) is 4.74 Å². The first-order chi connectivity index (χ1) is 12.2. The molecule has 4 rings (SSSR count). The van der Waals surface area contributed by atoms with Crippen molar-refractivity contribution in [2.75, 3.05) is 7.11 Å². The van der Waals surface area contributed by atoms with Gasteiger partial charge in [-0.3, -0.25) is 4.79 Å². The van der Waals surface area contributed by atoms with Crippen molar-refractivity contribution in [2.24, 2.45) is 5.92 Å².